The second kappa shape index (κ2) is 10.9. The average Bonchev–Trinajstić information content (AvgIpc) is 3.42. The quantitative estimate of drug-likeness (QED) is 0.273. The summed E-state index contributed by atoms with van der Waals surface area (Å²) in [5.41, 5.74) is 16.7. The van der Waals surface area contributed by atoms with Crippen LogP contribution in [0.3, 0.4) is 0 Å². The number of piperazine rings is 1. The summed E-state index contributed by atoms with van der Waals surface area (Å²) in [5, 5.41) is 1.10. The number of carbonyl (C=O) groups excluding carboxylic acids is 1. The van der Waals surface area contributed by atoms with Crippen LogP contribution in [-0.4, -0.2) is 82.2 Å². The zero-order valence-corrected chi connectivity index (χ0v) is 22.9. The number of rotatable bonds is 7. The zero-order chi connectivity index (χ0) is 28.5. The topological polar surface area (TPSA) is 161 Å². The van der Waals surface area contributed by atoms with E-state index in [9.17, 15) is 4.79 Å². The second-order valence-corrected chi connectivity index (χ2v) is 9.91. The number of para-hydroxylation sites is 1. The summed E-state index contributed by atoms with van der Waals surface area (Å²) in [6.45, 7) is 2.07. The highest BCUT2D eigenvalue weighted by atomic mass is 16.5. The van der Waals surface area contributed by atoms with E-state index in [1.165, 1.54) is 0 Å². The first-order valence-electron chi connectivity index (χ1n) is 13.3. The highest BCUT2D eigenvalue weighted by Gasteiger charge is 2.28. The minimum Gasteiger partial charge on any atom is -0.493 e. The molecule has 6 rings (SSSR count). The minimum atomic E-state index is -0.639. The van der Waals surface area contributed by atoms with Gasteiger partial charge in [0.2, 0.25) is 11.9 Å². The number of nitrogens with two attached hydrogens (primary N) is 2. The lowest BCUT2D eigenvalue weighted by molar-refractivity contribution is -0.132. The van der Waals surface area contributed by atoms with Gasteiger partial charge in [0.15, 0.2) is 28.5 Å². The molecule has 2 aromatic carbocycles. The lowest BCUT2D eigenvalue weighted by Gasteiger charge is -2.36. The highest BCUT2D eigenvalue weighted by molar-refractivity contribution is 5.87. The maximum absolute atomic E-state index is 13.2. The third-order valence-corrected chi connectivity index (χ3v) is 7.32. The predicted molar refractivity (Wildman–Crippen MR) is 157 cm³/mol. The van der Waals surface area contributed by atoms with Crippen LogP contribution in [-0.2, 0) is 11.2 Å². The Morgan fingerprint density at radius 1 is 1.00 bits per heavy atom. The summed E-state index contributed by atoms with van der Waals surface area (Å²) in [4.78, 5) is 38.6. The molecule has 0 radical (unpaired) electrons. The highest BCUT2D eigenvalue weighted by Crippen LogP contribution is 2.33. The Kier molecular flexibility index (Phi) is 6.98. The van der Waals surface area contributed by atoms with Crippen molar-refractivity contribution < 1.29 is 14.3 Å². The van der Waals surface area contributed by atoms with Crippen LogP contribution in [0.25, 0.3) is 33.3 Å². The maximum atomic E-state index is 13.2. The van der Waals surface area contributed by atoms with Crippen LogP contribution in [0.5, 0.6) is 11.5 Å². The number of nitrogens with one attached hydrogen (secondary N) is 1. The predicted octanol–water partition coefficient (Wildman–Crippen LogP) is 2.39. The van der Waals surface area contributed by atoms with Gasteiger partial charge in [0.25, 0.3) is 0 Å². The number of benzene rings is 2. The molecule has 1 aliphatic heterocycles. The van der Waals surface area contributed by atoms with Crippen molar-refractivity contribution in [2.24, 2.45) is 5.73 Å². The van der Waals surface area contributed by atoms with Gasteiger partial charge >= 0.3 is 0 Å². The van der Waals surface area contributed by atoms with Crippen molar-refractivity contribution >= 4 is 39.7 Å². The number of nitrogens with zero attached hydrogens (tertiary/aromatic N) is 6. The molecule has 1 fully saturated rings. The van der Waals surface area contributed by atoms with Crippen molar-refractivity contribution in [1.29, 1.82) is 0 Å². The second-order valence-electron chi connectivity index (χ2n) is 9.91. The number of aromatic amines is 1. The monoisotopic (exact) mass is 553 g/mol. The number of fused-ring (bicyclic) bond motifs is 2. The molecule has 5 aromatic rings. The van der Waals surface area contributed by atoms with E-state index in [1.54, 1.807) is 25.3 Å². The summed E-state index contributed by atoms with van der Waals surface area (Å²) in [5.74, 6) is 1.82. The molecular formula is C29H31N9O3. The standard InChI is InChI=1S/C29H31N9O3/c1-40-23-8-7-18(14-24(23)41-2)22-16-32-26-25(34-22)27(36-29(31)35-26)37-9-11-38(12-10-37)28(39)20(30)15-19-13-17-5-3-4-6-21(17)33-19/h3-8,13-14,16,20,33H,9-12,15,30H2,1-2H3,(H2,31,32,35,36). The Morgan fingerprint density at radius 3 is 2.54 bits per heavy atom. The van der Waals surface area contributed by atoms with Gasteiger partial charge in [-0.05, 0) is 35.7 Å². The summed E-state index contributed by atoms with van der Waals surface area (Å²) < 4.78 is 10.8. The van der Waals surface area contributed by atoms with Gasteiger partial charge in [-0.25, -0.2) is 9.97 Å². The molecule has 1 aliphatic rings. The number of anilines is 2. The Bertz CT molecular complexity index is 1700. The van der Waals surface area contributed by atoms with Crippen molar-refractivity contribution in [3.05, 3.63) is 60.4 Å². The number of ether oxygens (including phenoxy) is 2. The summed E-state index contributed by atoms with van der Waals surface area (Å²) >= 11 is 0. The van der Waals surface area contributed by atoms with Gasteiger partial charge in [-0.15, -0.1) is 0 Å². The van der Waals surface area contributed by atoms with Crippen molar-refractivity contribution in [1.82, 2.24) is 29.8 Å². The Balaban J connectivity index is 1.19. The van der Waals surface area contributed by atoms with Gasteiger partial charge in [-0.1, -0.05) is 18.2 Å². The third-order valence-electron chi connectivity index (χ3n) is 7.32. The minimum absolute atomic E-state index is 0.0779. The fourth-order valence-corrected chi connectivity index (χ4v) is 5.21. The molecule has 12 heteroatoms. The van der Waals surface area contributed by atoms with Crippen LogP contribution in [0.4, 0.5) is 11.8 Å². The van der Waals surface area contributed by atoms with Crippen molar-refractivity contribution in [2.45, 2.75) is 12.5 Å². The molecule has 12 nitrogen and oxygen atoms in total. The Morgan fingerprint density at radius 2 is 1.78 bits per heavy atom. The third kappa shape index (κ3) is 5.16. The van der Waals surface area contributed by atoms with Crippen molar-refractivity contribution in [3.8, 4) is 22.8 Å². The van der Waals surface area contributed by atoms with E-state index in [4.69, 9.17) is 25.9 Å². The normalized spacial score (nSPS) is 14.4. The summed E-state index contributed by atoms with van der Waals surface area (Å²) in [7, 11) is 3.17. The first-order valence-corrected chi connectivity index (χ1v) is 13.3. The van der Waals surface area contributed by atoms with Crippen molar-refractivity contribution in [3.63, 3.8) is 0 Å². The molecule has 0 bridgehead atoms. The first-order chi connectivity index (χ1) is 19.9. The lowest BCUT2D eigenvalue weighted by atomic mass is 10.1. The molecule has 0 saturated carbocycles. The number of aromatic nitrogens is 5. The molecule has 1 unspecified atom stereocenters. The van der Waals surface area contributed by atoms with Gasteiger partial charge in [0.1, 0.15) is 0 Å². The fraction of sp³-hybridized carbons (Fsp3) is 0.276. The summed E-state index contributed by atoms with van der Waals surface area (Å²) in [6, 6.07) is 15.0. The van der Waals surface area contributed by atoms with E-state index in [1.807, 2.05) is 48.5 Å². The molecule has 4 heterocycles. The zero-order valence-electron chi connectivity index (χ0n) is 22.9. The molecule has 3 aromatic heterocycles. The van der Waals surface area contributed by atoms with E-state index in [0.29, 0.717) is 66.8 Å². The molecule has 1 saturated heterocycles. The Hall–Kier alpha value is -4.97. The van der Waals surface area contributed by atoms with Crippen LogP contribution >= 0.6 is 0 Å². The summed E-state index contributed by atoms with van der Waals surface area (Å²) in [6.07, 6.45) is 2.08. The van der Waals surface area contributed by atoms with Gasteiger partial charge in [-0.2, -0.15) is 9.97 Å². The molecule has 0 spiro atoms. The smallest absolute Gasteiger partial charge is 0.240 e. The maximum Gasteiger partial charge on any atom is 0.240 e. The van der Waals surface area contributed by atoms with Gasteiger partial charge < -0.3 is 35.7 Å². The number of hydrogen-bond acceptors (Lipinski definition) is 10. The number of hydrogen-bond donors (Lipinski definition) is 3. The van der Waals surface area contributed by atoms with E-state index in [-0.39, 0.29) is 11.9 Å². The van der Waals surface area contributed by atoms with Gasteiger partial charge in [0.05, 0.1) is 32.2 Å². The number of nitrogen functional groups attached to an aromatic ring is 1. The fourth-order valence-electron chi connectivity index (χ4n) is 5.21. The van der Waals surface area contributed by atoms with Crippen LogP contribution in [0.15, 0.2) is 54.7 Å². The Labute approximate surface area is 236 Å². The lowest BCUT2D eigenvalue weighted by Crippen LogP contribution is -2.54. The van der Waals surface area contributed by atoms with Crippen LogP contribution in [0.2, 0.25) is 0 Å². The molecule has 41 heavy (non-hydrogen) atoms. The first kappa shape index (κ1) is 26.3. The van der Waals surface area contributed by atoms with Crippen LogP contribution in [0.1, 0.15) is 5.69 Å². The molecule has 0 aliphatic carbocycles. The van der Waals surface area contributed by atoms with Crippen LogP contribution in [0, 0.1) is 0 Å². The largest absolute Gasteiger partial charge is 0.493 e. The molecule has 5 N–H and O–H groups in total. The van der Waals surface area contributed by atoms with E-state index >= 15 is 0 Å². The average molecular weight is 554 g/mol. The van der Waals surface area contributed by atoms with Gasteiger partial charge in [-0.3, -0.25) is 4.79 Å². The number of methoxy groups -OCH3 is 2. The number of H-pyrrole nitrogens is 1. The SMILES string of the molecule is COc1ccc(-c2cnc3nc(N)nc(N4CCN(C(=O)C(N)Cc5cc6ccccc6[nH]5)CC4)c3n2)cc1OC. The van der Waals surface area contributed by atoms with Gasteiger partial charge in [0, 0.05) is 49.4 Å². The van der Waals surface area contributed by atoms with E-state index in [2.05, 4.69) is 24.8 Å². The number of amides is 1. The van der Waals surface area contributed by atoms with E-state index < -0.39 is 6.04 Å². The van der Waals surface area contributed by atoms with E-state index in [0.717, 1.165) is 22.2 Å². The van der Waals surface area contributed by atoms with Crippen LogP contribution < -0.4 is 25.8 Å². The molecule has 1 atom stereocenters. The van der Waals surface area contributed by atoms with Crippen molar-refractivity contribution in [2.75, 3.05) is 51.0 Å². The number of carbonyl (C=O) groups is 1. The molecular weight excluding hydrogens is 522 g/mol. The molecule has 210 valence electrons. The molecule has 1 amide bonds.